The van der Waals surface area contributed by atoms with Crippen LogP contribution >= 0.6 is 0 Å². The highest BCUT2D eigenvalue weighted by molar-refractivity contribution is 5.97. The molecular weight excluding hydrogens is 301 g/mol. The van der Waals surface area contributed by atoms with Gasteiger partial charge >= 0.3 is 5.97 Å². The molecular formula is C16H16FN3O3. The molecule has 2 rings (SSSR count). The van der Waals surface area contributed by atoms with Crippen LogP contribution in [0.4, 0.5) is 4.39 Å². The van der Waals surface area contributed by atoms with Gasteiger partial charge in [0.15, 0.2) is 6.04 Å². The van der Waals surface area contributed by atoms with E-state index in [0.717, 1.165) is 0 Å². The first-order valence-electron chi connectivity index (χ1n) is 6.89. The van der Waals surface area contributed by atoms with Gasteiger partial charge in [-0.25, -0.2) is 19.2 Å². The summed E-state index contributed by atoms with van der Waals surface area (Å²) in [4.78, 5) is 31.8. The number of aromatic nitrogens is 2. The Morgan fingerprint density at radius 3 is 2.52 bits per heavy atom. The first-order chi connectivity index (χ1) is 10.8. The number of carbonyl (C=O) groups excluding carboxylic acids is 1. The molecule has 0 saturated carbocycles. The van der Waals surface area contributed by atoms with Gasteiger partial charge in [-0.2, -0.15) is 0 Å². The maximum Gasteiger partial charge on any atom is 0.330 e. The molecule has 1 unspecified atom stereocenters. The summed E-state index contributed by atoms with van der Waals surface area (Å²) in [6.45, 7) is 4.86. The zero-order valence-corrected chi connectivity index (χ0v) is 12.9. The lowest BCUT2D eigenvalue weighted by atomic mass is 10.0. The van der Waals surface area contributed by atoms with Gasteiger partial charge in [0, 0.05) is 6.20 Å². The van der Waals surface area contributed by atoms with E-state index in [1.807, 2.05) is 0 Å². The highest BCUT2D eigenvalue weighted by Crippen LogP contribution is 2.18. The minimum atomic E-state index is -1.29. The lowest BCUT2D eigenvalue weighted by Crippen LogP contribution is -2.34. The van der Waals surface area contributed by atoms with Crippen LogP contribution in [0.1, 0.15) is 39.0 Å². The molecule has 7 heteroatoms. The largest absolute Gasteiger partial charge is 0.479 e. The van der Waals surface area contributed by atoms with E-state index < -0.39 is 23.7 Å². The normalized spacial score (nSPS) is 11.8. The molecule has 1 atom stereocenters. The van der Waals surface area contributed by atoms with Gasteiger partial charge in [0.25, 0.3) is 5.91 Å². The van der Waals surface area contributed by atoms with Crippen LogP contribution in [0.15, 0.2) is 24.4 Å². The fraction of sp³-hybridized carbons (Fsp3) is 0.250. The van der Waals surface area contributed by atoms with E-state index in [1.54, 1.807) is 13.8 Å². The van der Waals surface area contributed by atoms with Crippen LogP contribution in [0.25, 0.3) is 0 Å². The van der Waals surface area contributed by atoms with Crippen molar-refractivity contribution in [3.8, 4) is 0 Å². The molecule has 0 saturated heterocycles. The van der Waals surface area contributed by atoms with Crippen molar-refractivity contribution in [2.75, 3.05) is 0 Å². The van der Waals surface area contributed by atoms with Crippen molar-refractivity contribution in [2.45, 2.75) is 26.8 Å². The molecule has 2 N–H and O–H groups in total. The zero-order valence-electron chi connectivity index (χ0n) is 12.9. The maximum absolute atomic E-state index is 13.3. The van der Waals surface area contributed by atoms with Crippen molar-refractivity contribution in [2.24, 2.45) is 0 Å². The number of nitrogens with one attached hydrogen (secondary N) is 1. The van der Waals surface area contributed by atoms with Crippen molar-refractivity contribution in [1.82, 2.24) is 15.3 Å². The Morgan fingerprint density at radius 1 is 1.26 bits per heavy atom. The number of carboxylic acid groups (broad SMARTS) is 1. The summed E-state index contributed by atoms with van der Waals surface area (Å²) in [5.74, 6) is -1.76. The lowest BCUT2D eigenvalue weighted by Gasteiger charge is -2.16. The number of carboxylic acids is 1. The fourth-order valence-electron chi connectivity index (χ4n) is 2.15. The summed E-state index contributed by atoms with van der Waals surface area (Å²) in [7, 11) is 0. The second-order valence-corrected chi connectivity index (χ2v) is 5.17. The third-order valence-corrected chi connectivity index (χ3v) is 3.38. The molecule has 0 spiro atoms. The first kappa shape index (κ1) is 16.5. The van der Waals surface area contributed by atoms with Gasteiger partial charge in [-0.05, 0) is 38.0 Å². The molecule has 0 aliphatic heterocycles. The van der Waals surface area contributed by atoms with E-state index in [1.165, 1.54) is 31.3 Å². The molecule has 0 fully saturated rings. The highest BCUT2D eigenvalue weighted by Gasteiger charge is 2.24. The Bertz CT molecular complexity index is 777. The van der Waals surface area contributed by atoms with Crippen molar-refractivity contribution in [1.29, 1.82) is 0 Å². The highest BCUT2D eigenvalue weighted by atomic mass is 19.1. The molecule has 120 valence electrons. The van der Waals surface area contributed by atoms with E-state index in [4.69, 9.17) is 0 Å². The number of benzene rings is 1. The molecule has 1 aromatic carbocycles. The average molecular weight is 317 g/mol. The zero-order chi connectivity index (χ0) is 17.1. The number of amides is 1. The predicted octanol–water partition coefficient (Wildman–Crippen LogP) is 2.10. The second kappa shape index (κ2) is 6.51. The SMILES string of the molecule is Cc1ncc(C(=O)NC(C(=O)O)c2ccc(F)c(C)c2)c(C)n1. The Hall–Kier alpha value is -2.83. The molecule has 1 aromatic heterocycles. The van der Waals surface area contributed by atoms with Crippen LogP contribution in [0, 0.1) is 26.6 Å². The first-order valence-corrected chi connectivity index (χ1v) is 6.89. The predicted molar refractivity (Wildman–Crippen MR) is 80.5 cm³/mol. The van der Waals surface area contributed by atoms with Crippen molar-refractivity contribution in [3.05, 3.63) is 58.4 Å². The van der Waals surface area contributed by atoms with Gasteiger partial charge in [-0.1, -0.05) is 12.1 Å². The topological polar surface area (TPSA) is 92.2 Å². The average Bonchev–Trinajstić information content (AvgIpc) is 2.47. The Balaban J connectivity index is 2.30. The van der Waals surface area contributed by atoms with Crippen molar-refractivity contribution < 1.29 is 19.1 Å². The van der Waals surface area contributed by atoms with E-state index in [9.17, 15) is 19.1 Å². The molecule has 1 amide bonds. The lowest BCUT2D eigenvalue weighted by molar-refractivity contribution is -0.139. The monoisotopic (exact) mass is 317 g/mol. The van der Waals surface area contributed by atoms with Gasteiger partial charge in [0.1, 0.15) is 11.6 Å². The third kappa shape index (κ3) is 3.68. The van der Waals surface area contributed by atoms with Crippen LogP contribution in [0.5, 0.6) is 0 Å². The molecule has 0 bridgehead atoms. The van der Waals surface area contributed by atoms with E-state index in [-0.39, 0.29) is 11.1 Å². The minimum Gasteiger partial charge on any atom is -0.479 e. The minimum absolute atomic E-state index is 0.195. The van der Waals surface area contributed by atoms with Crippen LogP contribution in [-0.4, -0.2) is 27.0 Å². The number of halogens is 1. The molecule has 1 heterocycles. The van der Waals surface area contributed by atoms with Gasteiger partial charge in [0.05, 0.1) is 11.3 Å². The van der Waals surface area contributed by atoms with Gasteiger partial charge in [-0.3, -0.25) is 4.79 Å². The molecule has 23 heavy (non-hydrogen) atoms. The summed E-state index contributed by atoms with van der Waals surface area (Å²) in [5.41, 5.74) is 1.24. The van der Waals surface area contributed by atoms with E-state index in [2.05, 4.69) is 15.3 Å². The van der Waals surface area contributed by atoms with Crippen molar-refractivity contribution >= 4 is 11.9 Å². The molecule has 6 nitrogen and oxygen atoms in total. The Labute approximate surface area is 132 Å². The fourth-order valence-corrected chi connectivity index (χ4v) is 2.15. The number of aryl methyl sites for hydroxylation is 3. The smallest absolute Gasteiger partial charge is 0.330 e. The Kier molecular flexibility index (Phi) is 4.68. The van der Waals surface area contributed by atoms with Gasteiger partial charge in [-0.15, -0.1) is 0 Å². The van der Waals surface area contributed by atoms with Crippen molar-refractivity contribution in [3.63, 3.8) is 0 Å². The Morgan fingerprint density at radius 2 is 1.96 bits per heavy atom. The maximum atomic E-state index is 13.3. The number of rotatable bonds is 4. The van der Waals surface area contributed by atoms with Gasteiger partial charge in [0.2, 0.25) is 0 Å². The molecule has 0 aliphatic rings. The van der Waals surface area contributed by atoms with E-state index >= 15 is 0 Å². The van der Waals surface area contributed by atoms with Crippen LogP contribution in [-0.2, 0) is 4.79 Å². The number of nitrogens with zero attached hydrogens (tertiary/aromatic N) is 2. The summed E-state index contributed by atoms with van der Waals surface area (Å²) in [5, 5.41) is 11.8. The summed E-state index contributed by atoms with van der Waals surface area (Å²) < 4.78 is 13.3. The molecule has 0 radical (unpaired) electrons. The number of hydrogen-bond acceptors (Lipinski definition) is 4. The van der Waals surface area contributed by atoms with Gasteiger partial charge < -0.3 is 10.4 Å². The standard InChI is InChI=1S/C16H16FN3O3/c1-8-6-11(4-5-13(8)17)14(16(22)23)20-15(21)12-7-18-10(3)19-9(12)2/h4-7,14H,1-3H3,(H,20,21)(H,22,23). The molecule has 2 aromatic rings. The van der Waals surface area contributed by atoms with Crippen LogP contribution in [0.3, 0.4) is 0 Å². The summed E-state index contributed by atoms with van der Waals surface area (Å²) in [6.07, 6.45) is 1.35. The number of aliphatic carboxylic acids is 1. The molecule has 0 aliphatic carbocycles. The van der Waals surface area contributed by atoms with Crippen LogP contribution in [0.2, 0.25) is 0 Å². The van der Waals surface area contributed by atoms with E-state index in [0.29, 0.717) is 17.1 Å². The summed E-state index contributed by atoms with van der Waals surface area (Å²) >= 11 is 0. The third-order valence-electron chi connectivity index (χ3n) is 3.38. The summed E-state index contributed by atoms with van der Waals surface area (Å²) in [6, 6.07) is 2.61. The number of hydrogen-bond donors (Lipinski definition) is 2. The quantitative estimate of drug-likeness (QED) is 0.901. The van der Waals surface area contributed by atoms with Crippen LogP contribution < -0.4 is 5.32 Å². The number of carbonyl (C=O) groups is 2. The second-order valence-electron chi connectivity index (χ2n) is 5.17.